The Bertz CT molecular complexity index is 1690. The van der Waals surface area contributed by atoms with Crippen LogP contribution in [0, 0.1) is 0 Å². The first-order valence-corrected chi connectivity index (χ1v) is 13.7. The molecule has 9 nitrogen and oxygen atoms in total. The van der Waals surface area contributed by atoms with E-state index < -0.39 is 12.0 Å². The van der Waals surface area contributed by atoms with Crippen LogP contribution in [0.1, 0.15) is 31.0 Å². The molecule has 39 heavy (non-hydrogen) atoms. The summed E-state index contributed by atoms with van der Waals surface area (Å²) in [6.07, 6.45) is 3.40. The number of esters is 1. The highest BCUT2D eigenvalue weighted by atomic mass is 79.9. The third kappa shape index (κ3) is 4.99. The van der Waals surface area contributed by atoms with Crippen molar-refractivity contribution < 1.29 is 28.5 Å². The second-order valence-electron chi connectivity index (χ2n) is 8.55. The Morgan fingerprint density at radius 1 is 1.28 bits per heavy atom. The molecule has 0 N–H and O–H groups in total. The lowest BCUT2D eigenvalue weighted by molar-refractivity contribution is -0.139. The van der Waals surface area contributed by atoms with E-state index in [4.69, 9.17) is 23.7 Å². The molecule has 1 unspecified atom stereocenters. The summed E-state index contributed by atoms with van der Waals surface area (Å²) in [6, 6.07) is 8.23. The maximum absolute atomic E-state index is 13.9. The van der Waals surface area contributed by atoms with E-state index in [1.165, 1.54) is 15.9 Å². The number of hydrogen-bond acceptors (Lipinski definition) is 9. The number of rotatable bonds is 8. The van der Waals surface area contributed by atoms with Gasteiger partial charge in [-0.3, -0.25) is 9.36 Å². The molecule has 0 radical (unpaired) electrons. The van der Waals surface area contributed by atoms with Crippen LogP contribution in [0.4, 0.5) is 0 Å². The SMILES string of the molecule is C=CCOc1c(Br)cc(/C=c2/sc3n(c2=O)C(c2ccc4c(c2)OCO4)C(C(=O)OCC)=C(C)N=3)cc1OC. The molecule has 0 amide bonds. The first kappa shape index (κ1) is 26.8. The zero-order chi connectivity index (χ0) is 27.7. The van der Waals surface area contributed by atoms with E-state index in [1.807, 2.05) is 12.1 Å². The molecular formula is C28H25BrN2O7S. The molecular weight excluding hydrogens is 588 g/mol. The van der Waals surface area contributed by atoms with Gasteiger partial charge in [0, 0.05) is 0 Å². The van der Waals surface area contributed by atoms with Crippen LogP contribution in [-0.4, -0.2) is 37.7 Å². The Hall–Kier alpha value is -3.83. The van der Waals surface area contributed by atoms with Gasteiger partial charge in [0.05, 0.1) is 40.0 Å². The van der Waals surface area contributed by atoms with Crippen LogP contribution in [0.3, 0.4) is 0 Å². The minimum atomic E-state index is -0.757. The third-order valence-electron chi connectivity index (χ3n) is 6.12. The fourth-order valence-corrected chi connectivity index (χ4v) is 6.07. The monoisotopic (exact) mass is 612 g/mol. The van der Waals surface area contributed by atoms with Crippen LogP contribution in [0.15, 0.2) is 68.5 Å². The first-order chi connectivity index (χ1) is 18.9. The third-order valence-corrected chi connectivity index (χ3v) is 7.70. The molecule has 11 heteroatoms. The van der Waals surface area contributed by atoms with Gasteiger partial charge in [-0.1, -0.05) is 30.1 Å². The molecule has 5 rings (SSSR count). The van der Waals surface area contributed by atoms with Crippen molar-refractivity contribution in [1.29, 1.82) is 0 Å². The number of benzene rings is 2. The number of halogens is 1. The number of methoxy groups -OCH3 is 1. The highest BCUT2D eigenvalue weighted by Gasteiger charge is 2.34. The lowest BCUT2D eigenvalue weighted by Crippen LogP contribution is -2.39. The molecule has 2 aromatic carbocycles. The summed E-state index contributed by atoms with van der Waals surface area (Å²) in [5.74, 6) is 1.66. The zero-order valence-corrected chi connectivity index (χ0v) is 23.9. The lowest BCUT2D eigenvalue weighted by Gasteiger charge is -2.24. The summed E-state index contributed by atoms with van der Waals surface area (Å²) in [5.41, 5.74) is 1.88. The van der Waals surface area contributed by atoms with Gasteiger partial charge < -0.3 is 23.7 Å². The van der Waals surface area contributed by atoms with Gasteiger partial charge in [0.1, 0.15) is 6.61 Å². The van der Waals surface area contributed by atoms with Crippen LogP contribution >= 0.6 is 27.3 Å². The predicted molar refractivity (Wildman–Crippen MR) is 149 cm³/mol. The standard InChI is InChI=1S/C28H25BrN2O7S/c1-5-9-36-25-18(29)10-16(11-21(25)34-4)12-22-26(32)31-24(17-7-8-19-20(13-17)38-14-37-19)23(27(33)35-6-2)15(3)30-28(31)39-22/h5,7-8,10-13,24H,1,6,9,14H2,2-4H3/b22-12+. The van der Waals surface area contributed by atoms with Gasteiger partial charge in [-0.05, 0) is 71.2 Å². The molecule has 0 fully saturated rings. The molecule has 1 aromatic heterocycles. The summed E-state index contributed by atoms with van der Waals surface area (Å²) in [6.45, 7) is 7.77. The molecule has 2 aliphatic heterocycles. The van der Waals surface area contributed by atoms with Crippen molar-refractivity contribution in [1.82, 2.24) is 4.57 Å². The maximum atomic E-state index is 13.9. The molecule has 3 aromatic rings. The molecule has 0 saturated heterocycles. The van der Waals surface area contributed by atoms with Gasteiger partial charge in [-0.2, -0.15) is 0 Å². The summed E-state index contributed by atoms with van der Waals surface area (Å²) in [7, 11) is 1.55. The van der Waals surface area contributed by atoms with Crippen LogP contribution in [-0.2, 0) is 9.53 Å². The number of fused-ring (bicyclic) bond motifs is 2. The molecule has 202 valence electrons. The highest BCUT2D eigenvalue weighted by molar-refractivity contribution is 9.10. The smallest absolute Gasteiger partial charge is 0.338 e. The summed E-state index contributed by atoms with van der Waals surface area (Å²) < 4.78 is 30.2. The number of thiazole rings is 1. The van der Waals surface area contributed by atoms with Gasteiger partial charge >= 0.3 is 5.97 Å². The normalized spacial score (nSPS) is 16.0. The molecule has 0 aliphatic carbocycles. The number of allylic oxidation sites excluding steroid dienone is 1. The first-order valence-electron chi connectivity index (χ1n) is 12.1. The Labute approximate surface area is 236 Å². The highest BCUT2D eigenvalue weighted by Crippen LogP contribution is 2.39. The minimum Gasteiger partial charge on any atom is -0.493 e. The lowest BCUT2D eigenvalue weighted by atomic mass is 9.95. The van der Waals surface area contributed by atoms with Crippen molar-refractivity contribution in [2.45, 2.75) is 19.9 Å². The van der Waals surface area contributed by atoms with Crippen molar-refractivity contribution in [2.75, 3.05) is 27.1 Å². The number of ether oxygens (including phenoxy) is 5. The van der Waals surface area contributed by atoms with E-state index in [2.05, 4.69) is 27.5 Å². The maximum Gasteiger partial charge on any atom is 0.338 e. The second kappa shape index (κ2) is 11.1. The second-order valence-corrected chi connectivity index (χ2v) is 10.4. The zero-order valence-electron chi connectivity index (χ0n) is 21.5. The van der Waals surface area contributed by atoms with E-state index in [0.717, 1.165) is 5.56 Å². The largest absolute Gasteiger partial charge is 0.493 e. The Morgan fingerprint density at radius 2 is 2.08 bits per heavy atom. The predicted octanol–water partition coefficient (Wildman–Crippen LogP) is 3.86. The van der Waals surface area contributed by atoms with Crippen LogP contribution in [0.25, 0.3) is 6.08 Å². The number of carbonyl (C=O) groups is 1. The van der Waals surface area contributed by atoms with E-state index in [9.17, 15) is 9.59 Å². The van der Waals surface area contributed by atoms with Gasteiger partial charge in [-0.25, -0.2) is 9.79 Å². The fourth-order valence-electron chi connectivity index (χ4n) is 4.45. The average molecular weight is 613 g/mol. The Balaban J connectivity index is 1.67. The molecule has 0 spiro atoms. The van der Waals surface area contributed by atoms with Crippen LogP contribution in [0.5, 0.6) is 23.0 Å². The molecule has 1 atom stereocenters. The van der Waals surface area contributed by atoms with E-state index in [-0.39, 0.29) is 19.0 Å². The van der Waals surface area contributed by atoms with E-state index in [1.54, 1.807) is 51.3 Å². The topological polar surface area (TPSA) is 97.6 Å². The van der Waals surface area contributed by atoms with Crippen molar-refractivity contribution in [3.63, 3.8) is 0 Å². The summed E-state index contributed by atoms with van der Waals surface area (Å²) in [5, 5.41) is 0. The van der Waals surface area contributed by atoms with Crippen molar-refractivity contribution in [2.24, 2.45) is 4.99 Å². The Kier molecular flexibility index (Phi) is 7.62. The van der Waals surface area contributed by atoms with Gasteiger partial charge in [-0.15, -0.1) is 0 Å². The summed E-state index contributed by atoms with van der Waals surface area (Å²) >= 11 is 4.77. The number of aromatic nitrogens is 1. The number of carbonyl (C=O) groups excluding carboxylic acids is 1. The number of nitrogens with zero attached hydrogens (tertiary/aromatic N) is 2. The quantitative estimate of drug-likeness (QED) is 0.281. The van der Waals surface area contributed by atoms with Crippen LogP contribution in [0.2, 0.25) is 0 Å². The summed E-state index contributed by atoms with van der Waals surface area (Å²) in [4.78, 5) is 32.1. The van der Waals surface area contributed by atoms with Crippen molar-refractivity contribution >= 4 is 39.3 Å². The minimum absolute atomic E-state index is 0.109. The van der Waals surface area contributed by atoms with E-state index >= 15 is 0 Å². The molecule has 2 aliphatic rings. The molecule has 3 heterocycles. The number of hydrogen-bond donors (Lipinski definition) is 0. The van der Waals surface area contributed by atoms with Crippen molar-refractivity contribution in [3.05, 3.63) is 89.5 Å². The van der Waals surface area contributed by atoms with Crippen molar-refractivity contribution in [3.8, 4) is 23.0 Å². The van der Waals surface area contributed by atoms with E-state index in [0.29, 0.717) is 60.2 Å². The van der Waals surface area contributed by atoms with Gasteiger partial charge in [0.25, 0.3) is 5.56 Å². The van der Waals surface area contributed by atoms with Gasteiger partial charge in [0.15, 0.2) is 27.8 Å². The average Bonchev–Trinajstić information content (AvgIpc) is 3.50. The molecule has 0 bridgehead atoms. The van der Waals surface area contributed by atoms with Crippen LogP contribution < -0.4 is 33.8 Å². The fraction of sp³-hybridized carbons (Fsp3) is 0.250. The Morgan fingerprint density at radius 3 is 2.82 bits per heavy atom. The van der Waals surface area contributed by atoms with Gasteiger partial charge in [0.2, 0.25) is 6.79 Å². The molecule has 0 saturated carbocycles.